The average Bonchev–Trinajstić information content (AvgIpc) is 2.67. The number of Topliss-reactive ketones (excluding diaryl/α,β-unsaturated/α-hetero) is 2. The molecule has 0 aliphatic carbocycles. The highest BCUT2D eigenvalue weighted by Crippen LogP contribution is 2.12. The Bertz CT molecular complexity index is 302. The van der Waals surface area contributed by atoms with Gasteiger partial charge in [0.05, 0.1) is 0 Å². The van der Waals surface area contributed by atoms with Gasteiger partial charge in [-0.25, -0.2) is 0 Å². The smallest absolute Gasteiger partial charge is 0.132 e. The lowest BCUT2D eigenvalue weighted by molar-refractivity contribution is -0.119. The summed E-state index contributed by atoms with van der Waals surface area (Å²) in [7, 11) is 0. The standard InChI is InChI=1S/C19H38O.C7H14O/c1-3-5-7-9-11-13-15-17-19(20)18-16-14-12-10-8-6-4-2;1-3-4-5-6-7(2)8/h3-18H2,1-2H3;3-6H2,1-2H3. The van der Waals surface area contributed by atoms with E-state index in [1.54, 1.807) is 6.92 Å². The molecule has 28 heavy (non-hydrogen) atoms. The van der Waals surface area contributed by atoms with Crippen molar-refractivity contribution in [2.45, 2.75) is 156 Å². The monoisotopic (exact) mass is 396 g/mol. The summed E-state index contributed by atoms with van der Waals surface area (Å²) in [6.45, 7) is 8.29. The third-order valence-electron chi connectivity index (χ3n) is 5.25. The Kier molecular flexibility index (Phi) is 27.8. The molecule has 0 aliphatic rings. The zero-order valence-electron chi connectivity index (χ0n) is 20.0. The second kappa shape index (κ2) is 26.3. The van der Waals surface area contributed by atoms with E-state index < -0.39 is 0 Å². The zero-order valence-corrected chi connectivity index (χ0v) is 20.0. The molecule has 0 unspecified atom stereocenters. The lowest BCUT2D eigenvalue weighted by Crippen LogP contribution is -1.97. The van der Waals surface area contributed by atoms with Crippen molar-refractivity contribution in [2.75, 3.05) is 0 Å². The molecular weight excluding hydrogens is 344 g/mol. The second-order valence-electron chi connectivity index (χ2n) is 8.44. The molecule has 0 aromatic rings. The Morgan fingerprint density at radius 2 is 0.714 bits per heavy atom. The van der Waals surface area contributed by atoms with Gasteiger partial charge in [0, 0.05) is 19.3 Å². The predicted molar refractivity (Wildman–Crippen MR) is 125 cm³/mol. The van der Waals surface area contributed by atoms with E-state index in [1.807, 2.05) is 0 Å². The average molecular weight is 397 g/mol. The molecule has 0 rings (SSSR count). The van der Waals surface area contributed by atoms with Crippen LogP contribution in [0.3, 0.4) is 0 Å². The summed E-state index contributed by atoms with van der Waals surface area (Å²) >= 11 is 0. The lowest BCUT2D eigenvalue weighted by Gasteiger charge is -2.03. The van der Waals surface area contributed by atoms with Crippen molar-refractivity contribution in [2.24, 2.45) is 0 Å². The Morgan fingerprint density at radius 3 is 1.07 bits per heavy atom. The Labute approximate surface area is 177 Å². The molecule has 0 saturated heterocycles. The number of ketones is 2. The molecule has 0 aliphatic heterocycles. The highest BCUT2D eigenvalue weighted by molar-refractivity contribution is 5.78. The maximum absolute atomic E-state index is 11.7. The molecule has 0 aromatic heterocycles. The second-order valence-corrected chi connectivity index (χ2v) is 8.44. The van der Waals surface area contributed by atoms with Crippen LogP contribution in [0.5, 0.6) is 0 Å². The van der Waals surface area contributed by atoms with Crippen LogP contribution in [0.2, 0.25) is 0 Å². The molecule has 0 atom stereocenters. The van der Waals surface area contributed by atoms with E-state index in [2.05, 4.69) is 20.8 Å². The third kappa shape index (κ3) is 30.1. The molecule has 0 amide bonds. The van der Waals surface area contributed by atoms with Gasteiger partial charge in [-0.1, -0.05) is 111 Å². The molecular formula is C26H52O2. The molecule has 0 aromatic carbocycles. The minimum atomic E-state index is 0.318. The molecule has 0 spiro atoms. The number of hydrogen-bond donors (Lipinski definition) is 0. The van der Waals surface area contributed by atoms with Gasteiger partial charge in [-0.2, -0.15) is 0 Å². The summed E-state index contributed by atoms with van der Waals surface area (Å²) in [5.41, 5.74) is 0. The fourth-order valence-corrected chi connectivity index (χ4v) is 3.31. The van der Waals surface area contributed by atoms with E-state index in [0.29, 0.717) is 11.6 Å². The predicted octanol–water partition coefficient (Wildman–Crippen LogP) is 8.99. The van der Waals surface area contributed by atoms with Gasteiger partial charge in [-0.05, 0) is 26.2 Å². The highest BCUT2D eigenvalue weighted by Gasteiger charge is 2.01. The summed E-state index contributed by atoms with van der Waals surface area (Å²) in [6.07, 6.45) is 24.2. The first-order valence-electron chi connectivity index (χ1n) is 12.6. The van der Waals surface area contributed by atoms with Crippen molar-refractivity contribution >= 4 is 11.6 Å². The Morgan fingerprint density at radius 1 is 0.429 bits per heavy atom. The quantitative estimate of drug-likeness (QED) is 0.192. The normalized spacial score (nSPS) is 10.4. The minimum absolute atomic E-state index is 0.318. The molecule has 0 N–H and O–H groups in total. The summed E-state index contributed by atoms with van der Waals surface area (Å²) < 4.78 is 0. The van der Waals surface area contributed by atoms with Crippen LogP contribution in [-0.2, 0) is 9.59 Å². The van der Waals surface area contributed by atoms with Crippen molar-refractivity contribution in [3.05, 3.63) is 0 Å². The van der Waals surface area contributed by atoms with Gasteiger partial charge in [0.2, 0.25) is 0 Å². The first-order chi connectivity index (χ1) is 13.6. The fraction of sp³-hybridized carbons (Fsp3) is 0.923. The van der Waals surface area contributed by atoms with Gasteiger partial charge in [0.25, 0.3) is 0 Å². The van der Waals surface area contributed by atoms with E-state index in [9.17, 15) is 9.59 Å². The Hall–Kier alpha value is -0.660. The first kappa shape index (κ1) is 29.5. The van der Waals surface area contributed by atoms with Crippen LogP contribution in [0.1, 0.15) is 156 Å². The van der Waals surface area contributed by atoms with Crippen LogP contribution >= 0.6 is 0 Å². The largest absolute Gasteiger partial charge is 0.300 e. The summed E-state index contributed by atoms with van der Waals surface area (Å²) in [5.74, 6) is 0.825. The van der Waals surface area contributed by atoms with E-state index in [4.69, 9.17) is 0 Å². The molecule has 2 heteroatoms. The number of hydrogen-bond acceptors (Lipinski definition) is 2. The van der Waals surface area contributed by atoms with E-state index in [0.717, 1.165) is 38.5 Å². The van der Waals surface area contributed by atoms with Crippen LogP contribution in [0.4, 0.5) is 0 Å². The Balaban J connectivity index is 0. The zero-order chi connectivity index (χ0) is 21.3. The molecule has 0 saturated carbocycles. The van der Waals surface area contributed by atoms with Crippen LogP contribution in [0, 0.1) is 0 Å². The number of carbonyl (C=O) groups is 2. The van der Waals surface area contributed by atoms with Gasteiger partial charge in [-0.15, -0.1) is 0 Å². The molecule has 0 radical (unpaired) electrons. The van der Waals surface area contributed by atoms with Crippen molar-refractivity contribution in [3.63, 3.8) is 0 Å². The van der Waals surface area contributed by atoms with Crippen molar-refractivity contribution in [1.29, 1.82) is 0 Å². The summed E-state index contributed by atoms with van der Waals surface area (Å²) in [6, 6.07) is 0. The third-order valence-corrected chi connectivity index (χ3v) is 5.25. The van der Waals surface area contributed by atoms with Crippen LogP contribution in [0.15, 0.2) is 0 Å². The molecule has 0 fully saturated rings. The first-order valence-corrected chi connectivity index (χ1v) is 12.6. The van der Waals surface area contributed by atoms with Gasteiger partial charge >= 0.3 is 0 Å². The summed E-state index contributed by atoms with van der Waals surface area (Å²) in [4.78, 5) is 22.0. The van der Waals surface area contributed by atoms with Gasteiger partial charge in [0.15, 0.2) is 0 Å². The number of carbonyl (C=O) groups excluding carboxylic acids is 2. The maximum atomic E-state index is 11.7. The van der Waals surface area contributed by atoms with Gasteiger partial charge in [0.1, 0.15) is 11.6 Å². The SMILES string of the molecule is CCCCCC(C)=O.CCCCCCCCCC(=O)CCCCCCCCC. The fourth-order valence-electron chi connectivity index (χ4n) is 3.31. The molecule has 168 valence electrons. The lowest BCUT2D eigenvalue weighted by atomic mass is 10.0. The maximum Gasteiger partial charge on any atom is 0.132 e. The topological polar surface area (TPSA) is 34.1 Å². The number of rotatable bonds is 20. The van der Waals surface area contributed by atoms with E-state index in [1.165, 1.54) is 89.9 Å². The van der Waals surface area contributed by atoms with Crippen LogP contribution in [0.25, 0.3) is 0 Å². The van der Waals surface area contributed by atoms with Gasteiger partial charge in [-0.3, -0.25) is 4.79 Å². The number of unbranched alkanes of at least 4 members (excludes halogenated alkanes) is 14. The molecule has 0 bridgehead atoms. The minimum Gasteiger partial charge on any atom is -0.300 e. The highest BCUT2D eigenvalue weighted by atomic mass is 16.1. The molecule has 2 nitrogen and oxygen atoms in total. The van der Waals surface area contributed by atoms with E-state index in [-0.39, 0.29) is 0 Å². The van der Waals surface area contributed by atoms with Crippen LogP contribution in [-0.4, -0.2) is 11.6 Å². The van der Waals surface area contributed by atoms with Gasteiger partial charge < -0.3 is 4.79 Å². The van der Waals surface area contributed by atoms with Crippen molar-refractivity contribution in [1.82, 2.24) is 0 Å². The summed E-state index contributed by atoms with van der Waals surface area (Å²) in [5, 5.41) is 0. The van der Waals surface area contributed by atoms with Crippen molar-refractivity contribution < 1.29 is 9.59 Å². The van der Waals surface area contributed by atoms with Crippen molar-refractivity contribution in [3.8, 4) is 0 Å². The van der Waals surface area contributed by atoms with E-state index >= 15 is 0 Å². The molecule has 0 heterocycles. The van der Waals surface area contributed by atoms with Crippen LogP contribution < -0.4 is 0 Å².